The van der Waals surface area contributed by atoms with E-state index in [0.717, 1.165) is 22.8 Å². The molecule has 0 saturated heterocycles. The van der Waals surface area contributed by atoms with Crippen LogP contribution in [0.4, 0.5) is 13.2 Å². The van der Waals surface area contributed by atoms with Crippen LogP contribution < -0.4 is 0 Å². The first-order chi connectivity index (χ1) is 14.5. The first-order valence-corrected chi connectivity index (χ1v) is 10.1. The van der Waals surface area contributed by atoms with Crippen LogP contribution in [0.3, 0.4) is 0 Å². The Morgan fingerprint density at radius 3 is 2.42 bits per heavy atom. The van der Waals surface area contributed by atoms with Gasteiger partial charge >= 0.3 is 12.1 Å². The zero-order valence-electron chi connectivity index (χ0n) is 17.2. The van der Waals surface area contributed by atoms with Gasteiger partial charge in [-0.15, -0.1) is 0 Å². The molecule has 31 heavy (non-hydrogen) atoms. The topological polar surface area (TPSA) is 50.1 Å². The molecule has 1 fully saturated rings. The summed E-state index contributed by atoms with van der Waals surface area (Å²) in [7, 11) is 0. The van der Waals surface area contributed by atoms with Gasteiger partial charge in [0.1, 0.15) is 11.1 Å². The van der Waals surface area contributed by atoms with Crippen molar-refractivity contribution in [1.82, 2.24) is 0 Å². The van der Waals surface area contributed by atoms with Crippen LogP contribution in [0.5, 0.6) is 0 Å². The Hall–Kier alpha value is -2.78. The van der Waals surface area contributed by atoms with Crippen molar-refractivity contribution < 1.29 is 22.7 Å². The minimum atomic E-state index is -4.67. The fourth-order valence-electron chi connectivity index (χ4n) is 3.91. The first-order valence-electron chi connectivity index (χ1n) is 9.68. The highest BCUT2D eigenvalue weighted by Gasteiger charge is 2.62. The number of rotatable bonds is 5. The van der Waals surface area contributed by atoms with Crippen molar-refractivity contribution in [2.24, 2.45) is 17.3 Å². The number of allylic oxidation sites excluding steroid dienone is 2. The largest absolute Gasteiger partial charge is 0.442 e. The second-order valence-corrected chi connectivity index (χ2v) is 8.58. The average Bonchev–Trinajstić information content (AvgIpc) is 3.26. The summed E-state index contributed by atoms with van der Waals surface area (Å²) in [5.41, 5.74) is 2.44. The van der Waals surface area contributed by atoms with Crippen LogP contribution in [0.2, 0.25) is 0 Å². The third-order valence-electron chi connectivity index (χ3n) is 5.86. The normalized spacial score (nSPS) is 21.2. The Morgan fingerprint density at radius 1 is 1.19 bits per heavy atom. The fourth-order valence-corrected chi connectivity index (χ4v) is 4.04. The van der Waals surface area contributed by atoms with E-state index in [1.807, 2.05) is 49.4 Å². The molecule has 1 aliphatic carbocycles. The van der Waals surface area contributed by atoms with Gasteiger partial charge in [0, 0.05) is 5.56 Å². The van der Waals surface area contributed by atoms with E-state index in [4.69, 9.17) is 16.3 Å². The van der Waals surface area contributed by atoms with Crippen LogP contribution in [-0.4, -0.2) is 12.1 Å². The molecular formula is C24H21ClF3NO2. The minimum absolute atomic E-state index is 0.538. The van der Waals surface area contributed by atoms with Crippen LogP contribution in [0.15, 0.2) is 59.6 Å². The number of hydrogen-bond donors (Lipinski definition) is 0. The van der Waals surface area contributed by atoms with Gasteiger partial charge in [0.05, 0.1) is 5.92 Å². The number of carbonyl (C=O) groups is 1. The molecule has 7 heteroatoms. The van der Waals surface area contributed by atoms with Gasteiger partial charge in [-0.1, -0.05) is 80.1 Å². The Bertz CT molecular complexity index is 1050. The molecule has 0 aromatic heterocycles. The summed E-state index contributed by atoms with van der Waals surface area (Å²) < 4.78 is 43.8. The molecule has 3 unspecified atom stereocenters. The highest BCUT2D eigenvalue weighted by molar-refractivity contribution is 6.30. The maximum absolute atomic E-state index is 12.8. The molecule has 0 heterocycles. The van der Waals surface area contributed by atoms with Gasteiger partial charge in [0.15, 0.2) is 0 Å². The van der Waals surface area contributed by atoms with E-state index in [9.17, 15) is 23.2 Å². The molecule has 0 amide bonds. The van der Waals surface area contributed by atoms with Crippen LogP contribution in [-0.2, 0) is 9.53 Å². The van der Waals surface area contributed by atoms with Crippen molar-refractivity contribution in [3.63, 3.8) is 0 Å². The maximum atomic E-state index is 12.8. The predicted molar refractivity (Wildman–Crippen MR) is 112 cm³/mol. The quantitative estimate of drug-likeness (QED) is 0.477. The molecule has 0 bridgehead atoms. The lowest BCUT2D eigenvalue weighted by Gasteiger charge is -2.17. The molecule has 0 N–H and O–H groups in total. The monoisotopic (exact) mass is 447 g/mol. The summed E-state index contributed by atoms with van der Waals surface area (Å²) in [6.07, 6.45) is -4.98. The zero-order valence-corrected chi connectivity index (χ0v) is 18.0. The molecule has 2 aromatic carbocycles. The zero-order chi connectivity index (χ0) is 23.0. The van der Waals surface area contributed by atoms with Crippen molar-refractivity contribution >= 4 is 17.6 Å². The Labute approximate surface area is 184 Å². The molecule has 3 rings (SSSR count). The standard InChI is InChI=1S/C24H21ClF3NO2/c1-14-16(15-8-5-4-6-9-15)10-7-11-17(14)19(13-29)31-22(30)21-18(23(21,2)3)12-20(25)24(26,27)28/h4-12,18-19,21H,1-3H3. The van der Waals surface area contributed by atoms with E-state index in [1.54, 1.807) is 26.0 Å². The fraction of sp³-hybridized carbons (Fsp3) is 0.333. The number of alkyl halides is 3. The van der Waals surface area contributed by atoms with Gasteiger partial charge in [-0.3, -0.25) is 4.79 Å². The lowest BCUT2D eigenvalue weighted by Crippen LogP contribution is -2.15. The van der Waals surface area contributed by atoms with E-state index in [1.165, 1.54) is 0 Å². The number of esters is 1. The molecule has 2 aromatic rings. The number of nitrogens with zero attached hydrogens (tertiary/aromatic N) is 1. The third-order valence-corrected chi connectivity index (χ3v) is 6.20. The molecule has 3 nitrogen and oxygen atoms in total. The van der Waals surface area contributed by atoms with Crippen LogP contribution in [0.25, 0.3) is 11.1 Å². The summed E-state index contributed by atoms with van der Waals surface area (Å²) in [4.78, 5) is 12.7. The van der Waals surface area contributed by atoms with Gasteiger partial charge in [-0.25, -0.2) is 0 Å². The number of halogens is 4. The van der Waals surface area contributed by atoms with Gasteiger partial charge in [0.25, 0.3) is 0 Å². The predicted octanol–water partition coefficient (Wildman–Crippen LogP) is 6.73. The van der Waals surface area contributed by atoms with Crippen LogP contribution in [0.1, 0.15) is 31.1 Å². The third kappa shape index (κ3) is 4.62. The Kier molecular flexibility index (Phi) is 6.20. The van der Waals surface area contributed by atoms with Gasteiger partial charge in [-0.05, 0) is 34.9 Å². The Morgan fingerprint density at radius 2 is 1.84 bits per heavy atom. The maximum Gasteiger partial charge on any atom is 0.426 e. The highest BCUT2D eigenvalue weighted by Crippen LogP contribution is 2.60. The molecule has 162 valence electrons. The summed E-state index contributed by atoms with van der Waals surface area (Å²) in [6.45, 7) is 5.18. The van der Waals surface area contributed by atoms with Gasteiger partial charge < -0.3 is 4.74 Å². The van der Waals surface area contributed by atoms with E-state index in [2.05, 4.69) is 0 Å². The number of benzene rings is 2. The molecule has 0 spiro atoms. The summed E-state index contributed by atoms with van der Waals surface area (Å²) in [5.74, 6) is -2.24. The number of ether oxygens (including phenoxy) is 1. The van der Waals surface area contributed by atoms with E-state index < -0.39 is 40.5 Å². The molecule has 3 atom stereocenters. The summed E-state index contributed by atoms with van der Waals surface area (Å²) >= 11 is 5.35. The lowest BCUT2D eigenvalue weighted by molar-refractivity contribution is -0.149. The van der Waals surface area contributed by atoms with Gasteiger partial charge in [-0.2, -0.15) is 18.4 Å². The average molecular weight is 448 g/mol. The van der Waals surface area contributed by atoms with Crippen molar-refractivity contribution in [2.45, 2.75) is 33.1 Å². The smallest absolute Gasteiger partial charge is 0.426 e. The number of carbonyl (C=O) groups excluding carboxylic acids is 1. The Balaban J connectivity index is 1.83. The molecule has 0 radical (unpaired) electrons. The number of hydrogen-bond acceptors (Lipinski definition) is 3. The van der Waals surface area contributed by atoms with Crippen molar-refractivity contribution in [3.05, 3.63) is 70.8 Å². The summed E-state index contributed by atoms with van der Waals surface area (Å²) in [5, 5.41) is 8.40. The molecule has 0 aliphatic heterocycles. The molecular weight excluding hydrogens is 427 g/mol. The van der Waals surface area contributed by atoms with Crippen molar-refractivity contribution in [1.29, 1.82) is 5.26 Å². The highest BCUT2D eigenvalue weighted by atomic mass is 35.5. The van der Waals surface area contributed by atoms with Crippen molar-refractivity contribution in [3.8, 4) is 17.2 Å². The second-order valence-electron chi connectivity index (χ2n) is 8.17. The van der Waals surface area contributed by atoms with Crippen molar-refractivity contribution in [2.75, 3.05) is 0 Å². The second kappa shape index (κ2) is 8.39. The first kappa shape index (κ1) is 22.9. The van der Waals surface area contributed by atoms with Gasteiger partial charge in [0.2, 0.25) is 6.10 Å². The van der Waals surface area contributed by atoms with E-state index >= 15 is 0 Å². The molecule has 1 aliphatic rings. The lowest BCUT2D eigenvalue weighted by atomic mass is 9.94. The number of nitriles is 1. The van der Waals surface area contributed by atoms with Crippen LogP contribution in [0, 0.1) is 35.5 Å². The van der Waals surface area contributed by atoms with E-state index in [-0.39, 0.29) is 0 Å². The summed E-state index contributed by atoms with van der Waals surface area (Å²) in [6, 6.07) is 17.0. The SMILES string of the molecule is Cc1c(-c2ccccc2)cccc1C(C#N)OC(=O)C1C(C=C(Cl)C(F)(F)F)C1(C)C. The minimum Gasteiger partial charge on any atom is -0.442 e. The van der Waals surface area contributed by atoms with Crippen LogP contribution >= 0.6 is 11.6 Å². The molecule has 1 saturated carbocycles. The van der Waals surface area contributed by atoms with E-state index in [0.29, 0.717) is 5.56 Å².